The molecule has 1 aliphatic heterocycles. The van der Waals surface area contributed by atoms with Crippen LogP contribution in [0.5, 0.6) is 5.75 Å². The number of methoxy groups -OCH3 is 1. The van der Waals surface area contributed by atoms with E-state index in [4.69, 9.17) is 9.72 Å². The summed E-state index contributed by atoms with van der Waals surface area (Å²) in [5.41, 5.74) is 4.16. The molecular weight excluding hydrogens is 386 g/mol. The minimum Gasteiger partial charge on any atom is -0.497 e. The van der Waals surface area contributed by atoms with Gasteiger partial charge in [-0.1, -0.05) is 42.5 Å². The standard InChI is InChI=1S/C26H29N3O2/c1-31-23-11-6-10-22(17-23)25-19-27-18-24(28-25)21-13-15-29(16-14-21)26(30)12-5-9-20-7-3-2-4-8-20/h2-4,6-8,10-11,17-19,21H,5,9,12-16H2,1H3. The van der Waals surface area contributed by atoms with Crippen LogP contribution in [-0.2, 0) is 11.2 Å². The molecular formula is C26H29N3O2. The minimum atomic E-state index is 0.269. The highest BCUT2D eigenvalue weighted by atomic mass is 16.5. The molecule has 1 saturated heterocycles. The van der Waals surface area contributed by atoms with Crippen LogP contribution in [0.25, 0.3) is 11.3 Å². The van der Waals surface area contributed by atoms with Crippen molar-refractivity contribution in [2.75, 3.05) is 20.2 Å². The topological polar surface area (TPSA) is 55.3 Å². The molecule has 0 N–H and O–H groups in total. The Bertz CT molecular complexity index is 998. The van der Waals surface area contributed by atoms with Gasteiger partial charge in [0.2, 0.25) is 5.91 Å². The number of benzene rings is 2. The number of carbonyl (C=O) groups is 1. The Morgan fingerprint density at radius 3 is 2.65 bits per heavy atom. The maximum atomic E-state index is 12.6. The van der Waals surface area contributed by atoms with E-state index < -0.39 is 0 Å². The van der Waals surface area contributed by atoms with Gasteiger partial charge < -0.3 is 9.64 Å². The first kappa shape index (κ1) is 21.0. The highest BCUT2D eigenvalue weighted by molar-refractivity contribution is 5.76. The van der Waals surface area contributed by atoms with Gasteiger partial charge in [0.25, 0.3) is 0 Å². The maximum absolute atomic E-state index is 12.6. The Kier molecular flexibility index (Phi) is 6.92. The normalized spacial score (nSPS) is 14.4. The van der Waals surface area contributed by atoms with Gasteiger partial charge in [0.05, 0.1) is 24.7 Å². The average molecular weight is 416 g/mol. The molecule has 5 heteroatoms. The van der Waals surface area contributed by atoms with Crippen LogP contribution in [0.2, 0.25) is 0 Å². The number of carbonyl (C=O) groups excluding carboxylic acids is 1. The lowest BCUT2D eigenvalue weighted by Gasteiger charge is -2.32. The van der Waals surface area contributed by atoms with Crippen molar-refractivity contribution in [1.82, 2.24) is 14.9 Å². The van der Waals surface area contributed by atoms with Crippen molar-refractivity contribution in [3.8, 4) is 17.0 Å². The molecule has 3 aromatic rings. The fraction of sp³-hybridized carbons (Fsp3) is 0.346. The predicted molar refractivity (Wildman–Crippen MR) is 122 cm³/mol. The monoisotopic (exact) mass is 415 g/mol. The molecule has 1 aliphatic rings. The number of likely N-dealkylation sites (tertiary alicyclic amines) is 1. The number of hydrogen-bond acceptors (Lipinski definition) is 4. The first-order valence-corrected chi connectivity index (χ1v) is 11.0. The van der Waals surface area contributed by atoms with E-state index in [1.54, 1.807) is 13.3 Å². The SMILES string of the molecule is COc1cccc(-c2cncc(C3CCN(C(=O)CCCc4ccccc4)CC3)n2)c1. The molecule has 0 aliphatic carbocycles. The zero-order valence-corrected chi connectivity index (χ0v) is 18.0. The number of aromatic nitrogens is 2. The van der Waals surface area contributed by atoms with E-state index in [1.807, 2.05) is 53.6 Å². The maximum Gasteiger partial charge on any atom is 0.222 e. The summed E-state index contributed by atoms with van der Waals surface area (Å²) in [5, 5.41) is 0. The third kappa shape index (κ3) is 5.48. The summed E-state index contributed by atoms with van der Waals surface area (Å²) in [4.78, 5) is 23.9. The predicted octanol–water partition coefficient (Wildman–Crippen LogP) is 4.88. The van der Waals surface area contributed by atoms with Gasteiger partial charge in [0, 0.05) is 37.2 Å². The zero-order valence-electron chi connectivity index (χ0n) is 18.0. The first-order valence-electron chi connectivity index (χ1n) is 11.0. The molecule has 0 bridgehead atoms. The minimum absolute atomic E-state index is 0.269. The van der Waals surface area contributed by atoms with Gasteiger partial charge in [-0.05, 0) is 43.4 Å². The van der Waals surface area contributed by atoms with E-state index in [1.165, 1.54) is 5.56 Å². The summed E-state index contributed by atoms with van der Waals surface area (Å²) in [6, 6.07) is 18.3. The van der Waals surface area contributed by atoms with Crippen molar-refractivity contribution in [2.45, 2.75) is 38.0 Å². The number of piperidine rings is 1. The second kappa shape index (κ2) is 10.2. The smallest absolute Gasteiger partial charge is 0.222 e. The molecule has 5 nitrogen and oxygen atoms in total. The Morgan fingerprint density at radius 2 is 1.87 bits per heavy atom. The molecule has 1 fully saturated rings. The van der Waals surface area contributed by atoms with Gasteiger partial charge in [-0.3, -0.25) is 9.78 Å². The van der Waals surface area contributed by atoms with Crippen molar-refractivity contribution < 1.29 is 9.53 Å². The molecule has 2 heterocycles. The van der Waals surface area contributed by atoms with E-state index in [0.717, 1.165) is 61.5 Å². The van der Waals surface area contributed by atoms with Crippen LogP contribution in [0.4, 0.5) is 0 Å². The summed E-state index contributed by atoms with van der Waals surface area (Å²) in [5.74, 6) is 1.42. The Labute approximate surface area is 184 Å². The Hall–Kier alpha value is -3.21. The summed E-state index contributed by atoms with van der Waals surface area (Å²) >= 11 is 0. The summed E-state index contributed by atoms with van der Waals surface area (Å²) < 4.78 is 5.32. The summed E-state index contributed by atoms with van der Waals surface area (Å²) in [6.45, 7) is 1.58. The van der Waals surface area contributed by atoms with E-state index in [2.05, 4.69) is 17.1 Å². The molecule has 160 valence electrons. The lowest BCUT2D eigenvalue weighted by molar-refractivity contribution is -0.132. The molecule has 0 saturated carbocycles. The average Bonchev–Trinajstić information content (AvgIpc) is 2.85. The van der Waals surface area contributed by atoms with Gasteiger partial charge in [-0.2, -0.15) is 0 Å². The first-order chi connectivity index (χ1) is 15.2. The number of nitrogens with zero attached hydrogens (tertiary/aromatic N) is 3. The quantitative estimate of drug-likeness (QED) is 0.552. The van der Waals surface area contributed by atoms with Crippen molar-refractivity contribution in [1.29, 1.82) is 0 Å². The van der Waals surface area contributed by atoms with Crippen LogP contribution in [0, 0.1) is 0 Å². The zero-order chi connectivity index (χ0) is 21.5. The molecule has 1 amide bonds. The van der Waals surface area contributed by atoms with Crippen LogP contribution in [0.1, 0.15) is 42.9 Å². The second-order valence-electron chi connectivity index (χ2n) is 8.06. The van der Waals surface area contributed by atoms with Crippen LogP contribution in [-0.4, -0.2) is 41.0 Å². The lowest BCUT2D eigenvalue weighted by atomic mass is 9.93. The Morgan fingerprint density at radius 1 is 1.06 bits per heavy atom. The molecule has 2 aromatic carbocycles. The van der Waals surface area contributed by atoms with Crippen LogP contribution in [0.15, 0.2) is 67.0 Å². The van der Waals surface area contributed by atoms with E-state index >= 15 is 0 Å². The lowest BCUT2D eigenvalue weighted by Crippen LogP contribution is -2.38. The molecule has 0 unspecified atom stereocenters. The van der Waals surface area contributed by atoms with Crippen molar-refractivity contribution >= 4 is 5.91 Å². The summed E-state index contributed by atoms with van der Waals surface area (Å²) in [7, 11) is 1.66. The third-order valence-electron chi connectivity index (χ3n) is 5.98. The fourth-order valence-electron chi connectivity index (χ4n) is 4.17. The number of hydrogen-bond donors (Lipinski definition) is 0. The number of amides is 1. The highest BCUT2D eigenvalue weighted by Crippen LogP contribution is 2.29. The molecule has 1 aromatic heterocycles. The van der Waals surface area contributed by atoms with Gasteiger partial charge in [0.1, 0.15) is 5.75 Å². The second-order valence-corrected chi connectivity index (χ2v) is 8.06. The number of rotatable bonds is 7. The van der Waals surface area contributed by atoms with Crippen LogP contribution in [0.3, 0.4) is 0 Å². The van der Waals surface area contributed by atoms with E-state index in [9.17, 15) is 4.79 Å². The van der Waals surface area contributed by atoms with Gasteiger partial charge in [-0.25, -0.2) is 4.98 Å². The third-order valence-corrected chi connectivity index (χ3v) is 5.98. The van der Waals surface area contributed by atoms with Crippen molar-refractivity contribution in [2.24, 2.45) is 0 Å². The Balaban J connectivity index is 1.31. The number of ether oxygens (including phenoxy) is 1. The van der Waals surface area contributed by atoms with Gasteiger partial charge >= 0.3 is 0 Å². The van der Waals surface area contributed by atoms with E-state index in [-0.39, 0.29) is 5.91 Å². The van der Waals surface area contributed by atoms with Crippen LogP contribution < -0.4 is 4.74 Å². The molecule has 0 atom stereocenters. The van der Waals surface area contributed by atoms with Gasteiger partial charge in [0.15, 0.2) is 0 Å². The number of aryl methyl sites for hydroxylation is 1. The largest absolute Gasteiger partial charge is 0.497 e. The van der Waals surface area contributed by atoms with Crippen molar-refractivity contribution in [3.63, 3.8) is 0 Å². The molecule has 0 radical (unpaired) electrons. The molecule has 4 rings (SSSR count). The fourth-order valence-corrected chi connectivity index (χ4v) is 4.17. The van der Waals surface area contributed by atoms with Crippen molar-refractivity contribution in [3.05, 3.63) is 78.2 Å². The molecule has 31 heavy (non-hydrogen) atoms. The van der Waals surface area contributed by atoms with E-state index in [0.29, 0.717) is 12.3 Å². The molecule has 0 spiro atoms. The highest BCUT2D eigenvalue weighted by Gasteiger charge is 2.24. The van der Waals surface area contributed by atoms with Crippen LogP contribution >= 0.6 is 0 Å². The summed E-state index contributed by atoms with van der Waals surface area (Å²) in [6.07, 6.45) is 7.99. The van der Waals surface area contributed by atoms with Gasteiger partial charge in [-0.15, -0.1) is 0 Å².